The van der Waals surface area contributed by atoms with Gasteiger partial charge in [0, 0.05) is 25.3 Å². The SMILES string of the molecule is Cc1ccc(C)c(Cn2cnc(CNC(C)C)c2)c1. The zero-order valence-electron chi connectivity index (χ0n) is 12.3. The number of rotatable bonds is 5. The van der Waals surface area contributed by atoms with Crippen molar-refractivity contribution in [2.75, 3.05) is 0 Å². The lowest BCUT2D eigenvalue weighted by Crippen LogP contribution is -2.21. The predicted octanol–water partition coefficient (Wildman–Crippen LogP) is 3.05. The zero-order chi connectivity index (χ0) is 13.8. The molecule has 0 unspecified atom stereocenters. The molecule has 0 spiro atoms. The van der Waals surface area contributed by atoms with E-state index in [0.717, 1.165) is 18.8 Å². The van der Waals surface area contributed by atoms with Gasteiger partial charge in [0.1, 0.15) is 0 Å². The topological polar surface area (TPSA) is 29.9 Å². The Morgan fingerprint density at radius 1 is 1.26 bits per heavy atom. The maximum Gasteiger partial charge on any atom is 0.0953 e. The number of nitrogens with zero attached hydrogens (tertiary/aromatic N) is 2. The molecule has 0 bridgehead atoms. The molecule has 0 radical (unpaired) electrons. The van der Waals surface area contributed by atoms with Gasteiger partial charge in [-0.15, -0.1) is 0 Å². The summed E-state index contributed by atoms with van der Waals surface area (Å²) in [7, 11) is 0. The van der Waals surface area contributed by atoms with Crippen LogP contribution in [0.1, 0.15) is 36.2 Å². The van der Waals surface area contributed by atoms with Gasteiger partial charge in [-0.05, 0) is 25.0 Å². The second-order valence-electron chi connectivity index (χ2n) is 5.50. The lowest BCUT2D eigenvalue weighted by molar-refractivity contribution is 0.582. The fraction of sp³-hybridized carbons (Fsp3) is 0.438. The lowest BCUT2D eigenvalue weighted by Gasteiger charge is -2.08. The third-order valence-corrected chi connectivity index (χ3v) is 3.24. The maximum atomic E-state index is 4.44. The molecule has 0 saturated heterocycles. The molecule has 1 aromatic carbocycles. The molecule has 19 heavy (non-hydrogen) atoms. The zero-order valence-corrected chi connectivity index (χ0v) is 12.3. The molecule has 2 aromatic rings. The molecule has 0 aliphatic carbocycles. The number of hydrogen-bond donors (Lipinski definition) is 1. The first kappa shape index (κ1) is 13.8. The molecule has 3 heteroatoms. The minimum Gasteiger partial charge on any atom is -0.333 e. The van der Waals surface area contributed by atoms with Gasteiger partial charge in [0.05, 0.1) is 12.0 Å². The van der Waals surface area contributed by atoms with Crippen LogP contribution in [0.15, 0.2) is 30.7 Å². The van der Waals surface area contributed by atoms with Crippen molar-refractivity contribution in [2.45, 2.75) is 46.8 Å². The Kier molecular flexibility index (Phi) is 4.38. The van der Waals surface area contributed by atoms with E-state index < -0.39 is 0 Å². The van der Waals surface area contributed by atoms with Gasteiger partial charge in [0.25, 0.3) is 0 Å². The lowest BCUT2D eigenvalue weighted by atomic mass is 10.1. The third-order valence-electron chi connectivity index (χ3n) is 3.24. The molecule has 0 aliphatic rings. The summed E-state index contributed by atoms with van der Waals surface area (Å²) in [6.07, 6.45) is 4.04. The van der Waals surface area contributed by atoms with Gasteiger partial charge in [-0.1, -0.05) is 37.6 Å². The maximum absolute atomic E-state index is 4.44. The molecule has 0 saturated carbocycles. The largest absolute Gasteiger partial charge is 0.333 e. The summed E-state index contributed by atoms with van der Waals surface area (Å²) in [6, 6.07) is 7.08. The van der Waals surface area contributed by atoms with Crippen LogP contribution in [0.3, 0.4) is 0 Å². The molecule has 2 rings (SSSR count). The van der Waals surface area contributed by atoms with Gasteiger partial charge in [-0.3, -0.25) is 0 Å². The number of hydrogen-bond acceptors (Lipinski definition) is 2. The van der Waals surface area contributed by atoms with Crippen molar-refractivity contribution < 1.29 is 0 Å². The minimum absolute atomic E-state index is 0.490. The number of benzene rings is 1. The molecule has 0 aliphatic heterocycles. The van der Waals surface area contributed by atoms with Crippen molar-refractivity contribution >= 4 is 0 Å². The van der Waals surface area contributed by atoms with Gasteiger partial charge < -0.3 is 9.88 Å². The summed E-state index contributed by atoms with van der Waals surface area (Å²) < 4.78 is 2.15. The molecule has 1 N–H and O–H groups in total. The van der Waals surface area contributed by atoms with Crippen LogP contribution in [0.4, 0.5) is 0 Å². The van der Waals surface area contributed by atoms with E-state index in [2.05, 4.69) is 67.0 Å². The van der Waals surface area contributed by atoms with Crippen molar-refractivity contribution in [2.24, 2.45) is 0 Å². The Hall–Kier alpha value is -1.61. The Labute approximate surface area is 115 Å². The molecule has 3 nitrogen and oxygen atoms in total. The predicted molar refractivity (Wildman–Crippen MR) is 79.2 cm³/mol. The molecule has 0 fully saturated rings. The van der Waals surface area contributed by atoms with Crippen LogP contribution >= 0.6 is 0 Å². The van der Waals surface area contributed by atoms with Crippen molar-refractivity contribution in [3.63, 3.8) is 0 Å². The Morgan fingerprint density at radius 3 is 2.79 bits per heavy atom. The Bertz CT molecular complexity index is 541. The normalized spacial score (nSPS) is 11.2. The number of aromatic nitrogens is 2. The van der Waals surface area contributed by atoms with Crippen molar-refractivity contribution in [1.82, 2.24) is 14.9 Å². The average molecular weight is 257 g/mol. The monoisotopic (exact) mass is 257 g/mol. The van der Waals surface area contributed by atoms with Crippen LogP contribution in [-0.2, 0) is 13.1 Å². The van der Waals surface area contributed by atoms with Crippen LogP contribution in [0.25, 0.3) is 0 Å². The second-order valence-corrected chi connectivity index (χ2v) is 5.50. The highest BCUT2D eigenvalue weighted by Crippen LogP contribution is 2.12. The molecule has 0 amide bonds. The average Bonchev–Trinajstić information content (AvgIpc) is 2.79. The fourth-order valence-electron chi connectivity index (χ4n) is 2.06. The highest BCUT2D eigenvalue weighted by Gasteiger charge is 2.03. The Balaban J connectivity index is 2.05. The van der Waals surface area contributed by atoms with Crippen LogP contribution in [0, 0.1) is 13.8 Å². The fourth-order valence-corrected chi connectivity index (χ4v) is 2.06. The van der Waals surface area contributed by atoms with E-state index >= 15 is 0 Å². The van der Waals surface area contributed by atoms with Crippen LogP contribution in [0.5, 0.6) is 0 Å². The molecular weight excluding hydrogens is 234 g/mol. The number of aryl methyl sites for hydroxylation is 2. The smallest absolute Gasteiger partial charge is 0.0953 e. The van der Waals surface area contributed by atoms with Gasteiger partial charge in [-0.2, -0.15) is 0 Å². The van der Waals surface area contributed by atoms with Gasteiger partial charge in [0.2, 0.25) is 0 Å². The van der Waals surface area contributed by atoms with E-state index in [0.29, 0.717) is 6.04 Å². The highest BCUT2D eigenvalue weighted by atomic mass is 15.0. The van der Waals surface area contributed by atoms with E-state index in [4.69, 9.17) is 0 Å². The van der Waals surface area contributed by atoms with Crippen LogP contribution in [0.2, 0.25) is 0 Å². The molecule has 0 atom stereocenters. The van der Waals surface area contributed by atoms with Gasteiger partial charge in [-0.25, -0.2) is 4.98 Å². The molecule has 1 heterocycles. The van der Waals surface area contributed by atoms with Crippen LogP contribution in [-0.4, -0.2) is 15.6 Å². The molecule has 1 aromatic heterocycles. The van der Waals surface area contributed by atoms with E-state index in [9.17, 15) is 0 Å². The summed E-state index contributed by atoms with van der Waals surface area (Å²) in [4.78, 5) is 4.44. The quantitative estimate of drug-likeness (QED) is 0.892. The van der Waals surface area contributed by atoms with Gasteiger partial charge in [0.15, 0.2) is 0 Å². The summed E-state index contributed by atoms with van der Waals surface area (Å²) in [5, 5.41) is 3.38. The number of imidazole rings is 1. The summed E-state index contributed by atoms with van der Waals surface area (Å²) in [5.74, 6) is 0. The summed E-state index contributed by atoms with van der Waals surface area (Å²) in [5.41, 5.74) is 5.10. The van der Waals surface area contributed by atoms with Crippen molar-refractivity contribution in [3.05, 3.63) is 53.1 Å². The standard InChI is InChI=1S/C16H23N3/c1-12(2)17-8-16-10-19(11-18-16)9-15-7-13(3)5-6-14(15)4/h5-7,10-12,17H,8-9H2,1-4H3. The first-order chi connectivity index (χ1) is 9.04. The summed E-state index contributed by atoms with van der Waals surface area (Å²) >= 11 is 0. The van der Waals surface area contributed by atoms with E-state index in [1.54, 1.807) is 0 Å². The van der Waals surface area contributed by atoms with E-state index in [-0.39, 0.29) is 0 Å². The number of nitrogens with one attached hydrogen (secondary N) is 1. The van der Waals surface area contributed by atoms with Crippen LogP contribution < -0.4 is 5.32 Å². The molecular formula is C16H23N3. The first-order valence-electron chi connectivity index (χ1n) is 6.85. The first-order valence-corrected chi connectivity index (χ1v) is 6.85. The second kappa shape index (κ2) is 6.02. The highest BCUT2D eigenvalue weighted by molar-refractivity contribution is 5.30. The molecule has 102 valence electrons. The minimum atomic E-state index is 0.490. The Morgan fingerprint density at radius 2 is 2.05 bits per heavy atom. The summed E-state index contributed by atoms with van der Waals surface area (Å²) in [6.45, 7) is 10.3. The van der Waals surface area contributed by atoms with Crippen molar-refractivity contribution in [3.8, 4) is 0 Å². The van der Waals surface area contributed by atoms with E-state index in [1.165, 1.54) is 16.7 Å². The van der Waals surface area contributed by atoms with Gasteiger partial charge >= 0.3 is 0 Å². The third kappa shape index (κ3) is 3.93. The van der Waals surface area contributed by atoms with E-state index in [1.807, 2.05) is 6.33 Å². The van der Waals surface area contributed by atoms with Crippen molar-refractivity contribution in [1.29, 1.82) is 0 Å².